The van der Waals surface area contributed by atoms with Crippen molar-refractivity contribution in [1.82, 2.24) is 20.2 Å². The summed E-state index contributed by atoms with van der Waals surface area (Å²) >= 11 is 0. The summed E-state index contributed by atoms with van der Waals surface area (Å²) in [6.45, 7) is 3.07. The Kier molecular flexibility index (Phi) is 6.06. The zero-order valence-electron chi connectivity index (χ0n) is 19.1. The second kappa shape index (κ2) is 9.47. The molecular formula is C24H26N8O3. The Bertz CT molecular complexity index is 1340. The van der Waals surface area contributed by atoms with Gasteiger partial charge in [-0.15, -0.1) is 0 Å². The first-order chi connectivity index (χ1) is 17.0. The number of nitrogens with one attached hydrogen (secondary N) is 2. The first kappa shape index (κ1) is 22.4. The second-order valence-corrected chi connectivity index (χ2v) is 8.39. The SMILES string of the molecule is C[C@@H]1CO[C@H](COC(=O)Nc2ccccc2)CN1c1cc(-c2ccc3c(N)n[nH]c3c2)nc(N)n1. The first-order valence-electron chi connectivity index (χ1n) is 11.2. The van der Waals surface area contributed by atoms with E-state index >= 15 is 0 Å². The third kappa shape index (κ3) is 4.94. The summed E-state index contributed by atoms with van der Waals surface area (Å²) in [6.07, 6.45) is -0.856. The van der Waals surface area contributed by atoms with Gasteiger partial charge in [0.1, 0.15) is 18.5 Å². The molecule has 11 heteroatoms. The lowest BCUT2D eigenvalue weighted by atomic mass is 10.1. The summed E-state index contributed by atoms with van der Waals surface area (Å²) in [6, 6.07) is 16.8. The van der Waals surface area contributed by atoms with Gasteiger partial charge in [-0.1, -0.05) is 24.3 Å². The summed E-state index contributed by atoms with van der Waals surface area (Å²) in [7, 11) is 0. The number of benzene rings is 2. The number of hydrogen-bond acceptors (Lipinski definition) is 9. The maximum atomic E-state index is 12.2. The number of fused-ring (bicyclic) bond motifs is 1. The van der Waals surface area contributed by atoms with Crippen LogP contribution in [-0.4, -0.2) is 58.2 Å². The number of amides is 1. The molecular weight excluding hydrogens is 448 g/mol. The Hall–Kier alpha value is -4.38. The summed E-state index contributed by atoms with van der Waals surface area (Å²) in [5.74, 6) is 1.28. The minimum atomic E-state index is -0.534. The minimum absolute atomic E-state index is 0.0430. The van der Waals surface area contributed by atoms with Crippen molar-refractivity contribution >= 4 is 40.3 Å². The monoisotopic (exact) mass is 474 g/mol. The van der Waals surface area contributed by atoms with Crippen LogP contribution in [0.2, 0.25) is 0 Å². The van der Waals surface area contributed by atoms with Gasteiger partial charge in [0.25, 0.3) is 0 Å². The van der Waals surface area contributed by atoms with E-state index in [0.29, 0.717) is 36.2 Å². The van der Waals surface area contributed by atoms with Crippen molar-refractivity contribution in [3.63, 3.8) is 0 Å². The zero-order valence-corrected chi connectivity index (χ0v) is 19.1. The number of nitrogens with zero attached hydrogens (tertiary/aromatic N) is 4. The van der Waals surface area contributed by atoms with Crippen molar-refractivity contribution in [2.45, 2.75) is 19.1 Å². The van der Waals surface area contributed by atoms with Crippen molar-refractivity contribution in [2.24, 2.45) is 0 Å². The predicted molar refractivity (Wildman–Crippen MR) is 134 cm³/mol. The molecule has 2 atom stereocenters. The van der Waals surface area contributed by atoms with Gasteiger partial charge in [0.15, 0.2) is 5.82 Å². The fraction of sp³-hybridized carbons (Fsp3) is 0.250. The van der Waals surface area contributed by atoms with Crippen LogP contribution in [0.25, 0.3) is 22.2 Å². The number of morpholine rings is 1. The van der Waals surface area contributed by atoms with E-state index in [9.17, 15) is 4.79 Å². The molecule has 0 aliphatic carbocycles. The van der Waals surface area contributed by atoms with E-state index in [1.165, 1.54) is 0 Å². The number of nitrogens with two attached hydrogens (primary N) is 2. The number of aromatic nitrogens is 4. The summed E-state index contributed by atoms with van der Waals surface area (Å²) < 4.78 is 11.3. The van der Waals surface area contributed by atoms with E-state index in [-0.39, 0.29) is 24.7 Å². The highest BCUT2D eigenvalue weighted by atomic mass is 16.6. The van der Waals surface area contributed by atoms with Gasteiger partial charge in [0.05, 0.1) is 23.9 Å². The van der Waals surface area contributed by atoms with Crippen LogP contribution >= 0.6 is 0 Å². The molecule has 0 saturated carbocycles. The number of carbonyl (C=O) groups excluding carboxylic acids is 1. The number of rotatable bonds is 5. The predicted octanol–water partition coefficient (Wildman–Crippen LogP) is 3.03. The van der Waals surface area contributed by atoms with E-state index in [0.717, 1.165) is 16.5 Å². The van der Waals surface area contributed by atoms with E-state index in [2.05, 4.69) is 30.4 Å². The molecule has 0 bridgehead atoms. The van der Waals surface area contributed by atoms with Gasteiger partial charge in [-0.25, -0.2) is 9.78 Å². The molecule has 1 aliphatic heterocycles. The highest BCUT2D eigenvalue weighted by molar-refractivity contribution is 5.91. The first-order valence-corrected chi connectivity index (χ1v) is 11.2. The van der Waals surface area contributed by atoms with E-state index in [4.69, 9.17) is 20.9 Å². The number of carbonyl (C=O) groups is 1. The van der Waals surface area contributed by atoms with Crippen LogP contribution in [0.15, 0.2) is 54.6 Å². The smallest absolute Gasteiger partial charge is 0.411 e. The summed E-state index contributed by atoms with van der Waals surface area (Å²) in [5.41, 5.74) is 15.0. The van der Waals surface area contributed by atoms with Gasteiger partial charge < -0.3 is 25.8 Å². The fourth-order valence-corrected chi connectivity index (χ4v) is 4.03. The molecule has 3 heterocycles. The van der Waals surface area contributed by atoms with Gasteiger partial charge in [-0.3, -0.25) is 10.4 Å². The van der Waals surface area contributed by atoms with Gasteiger partial charge in [-0.2, -0.15) is 10.1 Å². The molecule has 2 aromatic carbocycles. The Morgan fingerprint density at radius 1 is 1.20 bits per heavy atom. The third-order valence-electron chi connectivity index (χ3n) is 5.84. The zero-order chi connectivity index (χ0) is 24.4. The Balaban J connectivity index is 1.30. The van der Waals surface area contributed by atoms with Crippen molar-refractivity contribution in [3.05, 3.63) is 54.6 Å². The van der Waals surface area contributed by atoms with E-state index in [1.807, 2.05) is 49.4 Å². The van der Waals surface area contributed by atoms with Gasteiger partial charge in [0.2, 0.25) is 5.95 Å². The van der Waals surface area contributed by atoms with E-state index in [1.54, 1.807) is 12.1 Å². The van der Waals surface area contributed by atoms with E-state index < -0.39 is 6.09 Å². The summed E-state index contributed by atoms with van der Waals surface area (Å²) in [4.78, 5) is 23.1. The Morgan fingerprint density at radius 2 is 2.03 bits per heavy atom. The second-order valence-electron chi connectivity index (χ2n) is 8.39. The molecule has 6 N–H and O–H groups in total. The quantitative estimate of drug-likeness (QED) is 0.341. The highest BCUT2D eigenvalue weighted by Crippen LogP contribution is 2.29. The molecule has 0 radical (unpaired) electrons. The van der Waals surface area contributed by atoms with Crippen LogP contribution in [0.5, 0.6) is 0 Å². The number of H-pyrrole nitrogens is 1. The van der Waals surface area contributed by atoms with Crippen molar-refractivity contribution in [3.8, 4) is 11.3 Å². The number of ether oxygens (including phenoxy) is 2. The van der Waals surface area contributed by atoms with Crippen LogP contribution in [0.1, 0.15) is 6.92 Å². The number of para-hydroxylation sites is 1. The lowest BCUT2D eigenvalue weighted by Crippen LogP contribution is -2.50. The molecule has 0 spiro atoms. The lowest BCUT2D eigenvalue weighted by Gasteiger charge is -2.38. The Morgan fingerprint density at radius 3 is 2.86 bits per heavy atom. The van der Waals surface area contributed by atoms with Crippen molar-refractivity contribution < 1.29 is 14.3 Å². The average molecular weight is 475 g/mol. The molecule has 1 amide bonds. The lowest BCUT2D eigenvalue weighted by molar-refractivity contribution is -0.0138. The van der Waals surface area contributed by atoms with Crippen molar-refractivity contribution in [2.75, 3.05) is 41.4 Å². The molecule has 2 aromatic heterocycles. The number of anilines is 4. The number of aromatic amines is 1. The largest absolute Gasteiger partial charge is 0.446 e. The minimum Gasteiger partial charge on any atom is -0.446 e. The highest BCUT2D eigenvalue weighted by Gasteiger charge is 2.29. The van der Waals surface area contributed by atoms with Crippen LogP contribution in [0, 0.1) is 0 Å². The van der Waals surface area contributed by atoms with Crippen LogP contribution in [0.4, 0.5) is 28.1 Å². The molecule has 1 aliphatic rings. The third-order valence-corrected chi connectivity index (χ3v) is 5.84. The standard InChI is InChI=1S/C24H26N8O3/c1-14-12-34-17(13-35-24(33)27-16-5-3-2-4-6-16)11-32(14)21-10-19(28-23(26)29-21)15-7-8-18-20(9-15)30-31-22(18)25/h2-10,14,17H,11-13H2,1H3,(H,27,33)(H3,25,30,31)(H2,26,28,29)/t14-,17+/m1/s1. The molecule has 1 fully saturated rings. The van der Waals surface area contributed by atoms with Crippen LogP contribution in [-0.2, 0) is 9.47 Å². The maximum absolute atomic E-state index is 12.2. The molecule has 11 nitrogen and oxygen atoms in total. The van der Waals surface area contributed by atoms with Crippen LogP contribution < -0.4 is 21.7 Å². The van der Waals surface area contributed by atoms with Crippen LogP contribution in [0.3, 0.4) is 0 Å². The maximum Gasteiger partial charge on any atom is 0.411 e. The van der Waals surface area contributed by atoms with Gasteiger partial charge >= 0.3 is 6.09 Å². The molecule has 35 heavy (non-hydrogen) atoms. The van der Waals surface area contributed by atoms with Gasteiger partial charge in [0, 0.05) is 29.2 Å². The van der Waals surface area contributed by atoms with Crippen molar-refractivity contribution in [1.29, 1.82) is 0 Å². The number of hydrogen-bond donors (Lipinski definition) is 4. The summed E-state index contributed by atoms with van der Waals surface area (Å²) in [5, 5.41) is 10.5. The molecule has 180 valence electrons. The topological polar surface area (TPSA) is 157 Å². The molecule has 5 rings (SSSR count). The Labute approximate surface area is 201 Å². The molecule has 1 saturated heterocycles. The number of nitrogen functional groups attached to an aromatic ring is 2. The fourth-order valence-electron chi connectivity index (χ4n) is 4.03. The average Bonchev–Trinajstić information content (AvgIpc) is 3.23. The normalized spacial score (nSPS) is 17.9. The molecule has 4 aromatic rings. The van der Waals surface area contributed by atoms with Gasteiger partial charge in [-0.05, 0) is 31.2 Å². The molecule has 0 unspecified atom stereocenters.